The van der Waals surface area contributed by atoms with Gasteiger partial charge in [0.25, 0.3) is 0 Å². The van der Waals surface area contributed by atoms with Crippen molar-refractivity contribution in [2.24, 2.45) is 0 Å². The van der Waals surface area contributed by atoms with E-state index in [-0.39, 0.29) is 31.5 Å². The fraction of sp³-hybridized carbons (Fsp3) is 0.545. The summed E-state index contributed by atoms with van der Waals surface area (Å²) in [5.74, 6) is 0.111. The van der Waals surface area contributed by atoms with Crippen LogP contribution >= 0.6 is 0 Å². The Morgan fingerprint density at radius 2 is 2.33 bits per heavy atom. The second-order valence-electron chi connectivity index (χ2n) is 3.94. The maximum absolute atomic E-state index is 12.1. The molecule has 1 atom stereocenters. The molecule has 100 valence electrons. The number of aromatic amines is 1. The first-order valence-corrected chi connectivity index (χ1v) is 5.69. The Labute approximate surface area is 105 Å². The number of hydrogen-bond acceptors (Lipinski definition) is 4. The first-order chi connectivity index (χ1) is 8.54. The number of aliphatic hydroxyl groups excluding tert-OH is 1. The summed E-state index contributed by atoms with van der Waals surface area (Å²) in [6, 6.07) is -0.621. The molecule has 0 radical (unpaired) electrons. The summed E-state index contributed by atoms with van der Waals surface area (Å²) >= 11 is 0. The molecule has 0 fully saturated rings. The van der Waals surface area contributed by atoms with E-state index in [1.807, 2.05) is 0 Å². The van der Waals surface area contributed by atoms with E-state index < -0.39 is 6.04 Å². The summed E-state index contributed by atoms with van der Waals surface area (Å²) < 4.78 is 0. The molecule has 1 heterocycles. The highest BCUT2D eigenvalue weighted by molar-refractivity contribution is 5.86. The molecule has 1 aromatic heterocycles. The maximum Gasteiger partial charge on any atom is 0.245 e. The summed E-state index contributed by atoms with van der Waals surface area (Å²) in [4.78, 5) is 31.3. The fourth-order valence-electron chi connectivity index (χ4n) is 1.59. The van der Waals surface area contributed by atoms with Crippen molar-refractivity contribution in [1.29, 1.82) is 0 Å². The van der Waals surface area contributed by atoms with Crippen LogP contribution in [0.25, 0.3) is 0 Å². The molecular weight excluding hydrogens is 236 g/mol. The Hall–Kier alpha value is -1.89. The van der Waals surface area contributed by atoms with E-state index in [2.05, 4.69) is 15.3 Å². The Balaban J connectivity index is 2.65. The second-order valence-corrected chi connectivity index (χ2v) is 3.94. The summed E-state index contributed by atoms with van der Waals surface area (Å²) in [5, 5.41) is 11.5. The standard InChI is InChI=1S/C11H18N4O3/c1-8(14-9(2)17)11(18)15(5-6-16)7-10-12-3-4-13-10/h3-4,8,16H,5-7H2,1-2H3,(H,12,13)(H,14,17)/t8-/m0/s1. The zero-order chi connectivity index (χ0) is 13.5. The molecule has 0 spiro atoms. The van der Waals surface area contributed by atoms with E-state index in [4.69, 9.17) is 5.11 Å². The van der Waals surface area contributed by atoms with Gasteiger partial charge in [-0.25, -0.2) is 4.98 Å². The second kappa shape index (κ2) is 6.75. The number of imidazole rings is 1. The third-order valence-electron chi connectivity index (χ3n) is 2.37. The molecule has 0 aliphatic carbocycles. The topological polar surface area (TPSA) is 98.3 Å². The molecule has 1 rings (SSSR count). The minimum Gasteiger partial charge on any atom is -0.395 e. The molecule has 18 heavy (non-hydrogen) atoms. The number of carbonyl (C=O) groups is 2. The number of nitrogens with one attached hydrogen (secondary N) is 2. The van der Waals surface area contributed by atoms with Gasteiger partial charge in [-0.15, -0.1) is 0 Å². The van der Waals surface area contributed by atoms with Gasteiger partial charge in [0.2, 0.25) is 11.8 Å². The number of nitrogens with zero attached hydrogens (tertiary/aromatic N) is 2. The molecule has 0 aliphatic rings. The molecule has 0 bridgehead atoms. The number of carbonyl (C=O) groups excluding carboxylic acids is 2. The predicted octanol–water partition coefficient (Wildman–Crippen LogP) is -0.745. The predicted molar refractivity (Wildman–Crippen MR) is 64.4 cm³/mol. The van der Waals surface area contributed by atoms with E-state index in [1.54, 1.807) is 19.3 Å². The molecular formula is C11H18N4O3. The Bertz CT molecular complexity index is 391. The van der Waals surface area contributed by atoms with Crippen molar-refractivity contribution in [1.82, 2.24) is 20.2 Å². The molecule has 0 aromatic carbocycles. The van der Waals surface area contributed by atoms with Crippen LogP contribution < -0.4 is 5.32 Å². The van der Waals surface area contributed by atoms with E-state index in [1.165, 1.54) is 11.8 Å². The summed E-state index contributed by atoms with van der Waals surface area (Å²) in [6.45, 7) is 3.29. The number of aliphatic hydroxyl groups is 1. The van der Waals surface area contributed by atoms with Gasteiger partial charge in [0, 0.05) is 25.9 Å². The van der Waals surface area contributed by atoms with Crippen molar-refractivity contribution in [2.45, 2.75) is 26.4 Å². The minimum absolute atomic E-state index is 0.140. The van der Waals surface area contributed by atoms with Gasteiger partial charge in [-0.3, -0.25) is 9.59 Å². The smallest absolute Gasteiger partial charge is 0.245 e. The van der Waals surface area contributed by atoms with Gasteiger partial charge in [0.05, 0.1) is 13.2 Å². The van der Waals surface area contributed by atoms with Crippen LogP contribution in [0.4, 0.5) is 0 Å². The number of amides is 2. The summed E-state index contributed by atoms with van der Waals surface area (Å²) in [7, 11) is 0. The summed E-state index contributed by atoms with van der Waals surface area (Å²) in [5.41, 5.74) is 0. The van der Waals surface area contributed by atoms with Crippen molar-refractivity contribution >= 4 is 11.8 Å². The molecule has 0 saturated heterocycles. The Morgan fingerprint density at radius 1 is 1.61 bits per heavy atom. The molecule has 0 aliphatic heterocycles. The molecule has 3 N–H and O–H groups in total. The van der Waals surface area contributed by atoms with Gasteiger partial charge in [-0.05, 0) is 6.92 Å². The van der Waals surface area contributed by atoms with Gasteiger partial charge in [0.1, 0.15) is 11.9 Å². The Morgan fingerprint density at radius 3 is 2.83 bits per heavy atom. The number of hydrogen-bond donors (Lipinski definition) is 3. The van der Waals surface area contributed by atoms with Gasteiger partial charge < -0.3 is 20.3 Å². The number of aromatic nitrogens is 2. The van der Waals surface area contributed by atoms with E-state index in [0.717, 1.165) is 0 Å². The van der Waals surface area contributed by atoms with Crippen molar-refractivity contribution in [3.63, 3.8) is 0 Å². The van der Waals surface area contributed by atoms with E-state index >= 15 is 0 Å². The molecule has 7 nitrogen and oxygen atoms in total. The fourth-order valence-corrected chi connectivity index (χ4v) is 1.59. The SMILES string of the molecule is CC(=O)N[C@@H](C)C(=O)N(CCO)Cc1ncc[nH]1. The van der Waals surface area contributed by atoms with E-state index in [9.17, 15) is 9.59 Å². The first-order valence-electron chi connectivity index (χ1n) is 5.69. The molecule has 0 saturated carbocycles. The average Bonchev–Trinajstić information content (AvgIpc) is 2.79. The lowest BCUT2D eigenvalue weighted by Gasteiger charge is -2.24. The van der Waals surface area contributed by atoms with Crippen LogP contribution in [0.3, 0.4) is 0 Å². The van der Waals surface area contributed by atoms with Gasteiger partial charge in [-0.1, -0.05) is 0 Å². The molecule has 0 unspecified atom stereocenters. The lowest BCUT2D eigenvalue weighted by atomic mass is 10.2. The lowest BCUT2D eigenvalue weighted by Crippen LogP contribution is -2.47. The van der Waals surface area contributed by atoms with Crippen LogP contribution in [0.2, 0.25) is 0 Å². The Kier molecular flexibility index (Phi) is 5.31. The van der Waals surface area contributed by atoms with Crippen LogP contribution in [-0.2, 0) is 16.1 Å². The van der Waals surface area contributed by atoms with Crippen molar-refractivity contribution in [3.8, 4) is 0 Å². The average molecular weight is 254 g/mol. The third-order valence-corrected chi connectivity index (χ3v) is 2.37. The highest BCUT2D eigenvalue weighted by Gasteiger charge is 2.21. The third kappa shape index (κ3) is 4.17. The zero-order valence-corrected chi connectivity index (χ0v) is 10.5. The van der Waals surface area contributed by atoms with Gasteiger partial charge >= 0.3 is 0 Å². The van der Waals surface area contributed by atoms with Crippen LogP contribution in [0.1, 0.15) is 19.7 Å². The monoisotopic (exact) mass is 254 g/mol. The maximum atomic E-state index is 12.1. The van der Waals surface area contributed by atoms with Crippen LogP contribution in [0.15, 0.2) is 12.4 Å². The summed E-state index contributed by atoms with van der Waals surface area (Å²) in [6.07, 6.45) is 3.25. The number of rotatable bonds is 6. The van der Waals surface area contributed by atoms with Crippen LogP contribution in [0.5, 0.6) is 0 Å². The highest BCUT2D eigenvalue weighted by Crippen LogP contribution is 2.01. The molecule has 2 amide bonds. The lowest BCUT2D eigenvalue weighted by molar-refractivity contribution is -0.136. The quantitative estimate of drug-likeness (QED) is 0.622. The van der Waals surface area contributed by atoms with Crippen LogP contribution in [-0.4, -0.2) is 51.0 Å². The largest absolute Gasteiger partial charge is 0.395 e. The van der Waals surface area contributed by atoms with Gasteiger partial charge in [0.15, 0.2) is 0 Å². The van der Waals surface area contributed by atoms with Crippen molar-refractivity contribution in [2.75, 3.05) is 13.2 Å². The van der Waals surface area contributed by atoms with Crippen LogP contribution in [0, 0.1) is 0 Å². The molecule has 7 heteroatoms. The van der Waals surface area contributed by atoms with Crippen molar-refractivity contribution in [3.05, 3.63) is 18.2 Å². The van der Waals surface area contributed by atoms with E-state index in [0.29, 0.717) is 5.82 Å². The normalized spacial score (nSPS) is 11.9. The number of H-pyrrole nitrogens is 1. The highest BCUT2D eigenvalue weighted by atomic mass is 16.3. The van der Waals surface area contributed by atoms with Crippen molar-refractivity contribution < 1.29 is 14.7 Å². The molecule has 1 aromatic rings. The van der Waals surface area contributed by atoms with Gasteiger partial charge in [-0.2, -0.15) is 0 Å². The zero-order valence-electron chi connectivity index (χ0n) is 10.5. The minimum atomic E-state index is -0.621. The first kappa shape index (κ1) is 14.2.